The van der Waals surface area contributed by atoms with Gasteiger partial charge in [0, 0.05) is 22.3 Å². The van der Waals surface area contributed by atoms with Crippen LogP contribution in [0.15, 0.2) is 130 Å². The minimum atomic E-state index is -2.82. The van der Waals surface area contributed by atoms with Crippen LogP contribution in [-0.4, -0.2) is 44.9 Å². The number of thiazole rings is 2. The number of esters is 2. The van der Waals surface area contributed by atoms with Crippen molar-refractivity contribution in [1.29, 1.82) is 21.0 Å². The minimum absolute atomic E-state index is 0.000185. The van der Waals surface area contributed by atoms with E-state index in [9.17, 15) is 40.2 Å². The van der Waals surface area contributed by atoms with Crippen LogP contribution in [0.4, 0.5) is 10.3 Å². The molecule has 3 heterocycles. The first-order valence-electron chi connectivity index (χ1n) is 18.9. The SMILES string of the molecule is N#CC(C#N)=C1C(=Nc2nc3c(s2)-c2sc(N=C4C(=O)c5ccccc5C4=C(C#N)C#N)nc2C(C(=O)OCc2ccccc2)(C(=O)OCc2ccccc2)O3)C(=O)c2ccccc21. The van der Waals surface area contributed by atoms with Gasteiger partial charge in [0.1, 0.15) is 70.6 Å². The first-order valence-corrected chi connectivity index (χ1v) is 20.5. The molecule has 3 aliphatic rings. The average Bonchev–Trinajstić information content (AvgIpc) is 4.08. The number of benzene rings is 4. The van der Waals surface area contributed by atoms with E-state index in [0.29, 0.717) is 22.3 Å². The summed E-state index contributed by atoms with van der Waals surface area (Å²) in [6, 6.07) is 37.4. The van der Waals surface area contributed by atoms with Crippen LogP contribution in [0.1, 0.15) is 48.7 Å². The zero-order valence-corrected chi connectivity index (χ0v) is 34.2. The van der Waals surface area contributed by atoms with E-state index in [1.165, 1.54) is 12.1 Å². The molecule has 0 atom stereocenters. The van der Waals surface area contributed by atoms with Gasteiger partial charge >= 0.3 is 17.5 Å². The Labute approximate surface area is 370 Å². The van der Waals surface area contributed by atoms with Crippen molar-refractivity contribution < 1.29 is 33.4 Å². The van der Waals surface area contributed by atoms with Crippen LogP contribution in [0.5, 0.6) is 5.88 Å². The number of rotatable bonds is 8. The predicted octanol–water partition coefficient (Wildman–Crippen LogP) is 7.88. The second kappa shape index (κ2) is 16.5. The summed E-state index contributed by atoms with van der Waals surface area (Å²) < 4.78 is 17.9. The van der Waals surface area contributed by atoms with Gasteiger partial charge < -0.3 is 14.2 Å². The number of carbonyl (C=O) groups is 4. The number of carbonyl (C=O) groups excluding carboxylic acids is 4. The molecule has 17 heteroatoms. The van der Waals surface area contributed by atoms with Gasteiger partial charge in [0.2, 0.25) is 27.7 Å². The Balaban J connectivity index is 1.24. The lowest BCUT2D eigenvalue weighted by atomic mass is 9.95. The summed E-state index contributed by atoms with van der Waals surface area (Å²) in [5.74, 6) is -3.99. The summed E-state index contributed by atoms with van der Waals surface area (Å²) in [6.07, 6.45) is 0. The highest BCUT2D eigenvalue weighted by atomic mass is 32.1. The molecular formula is C47H22N8O7S2. The van der Waals surface area contributed by atoms with Crippen molar-refractivity contribution in [2.45, 2.75) is 18.8 Å². The zero-order chi connectivity index (χ0) is 44.5. The molecule has 6 aromatic rings. The maximum absolute atomic E-state index is 14.7. The Kier molecular flexibility index (Phi) is 10.4. The molecule has 0 saturated heterocycles. The van der Waals surface area contributed by atoms with Crippen molar-refractivity contribution in [2.24, 2.45) is 9.98 Å². The highest BCUT2D eigenvalue weighted by Crippen LogP contribution is 2.54. The van der Waals surface area contributed by atoms with Crippen LogP contribution in [0, 0.1) is 45.3 Å². The number of hydrogen-bond donors (Lipinski definition) is 0. The van der Waals surface area contributed by atoms with E-state index in [1.807, 2.05) is 24.3 Å². The number of ketones is 2. The number of ether oxygens (including phenoxy) is 3. The van der Waals surface area contributed by atoms with Gasteiger partial charge in [-0.15, -0.1) is 0 Å². The molecule has 0 saturated carbocycles. The Morgan fingerprint density at radius 3 is 1.44 bits per heavy atom. The Hall–Kier alpha value is -9.00. The smallest absolute Gasteiger partial charge is 0.369 e. The second-order valence-corrected chi connectivity index (χ2v) is 15.8. The fraction of sp³-hybridized carbons (Fsp3) is 0.0638. The maximum Gasteiger partial charge on any atom is 0.369 e. The van der Waals surface area contributed by atoms with E-state index < -0.39 is 29.1 Å². The second-order valence-electron chi connectivity index (χ2n) is 13.8. The van der Waals surface area contributed by atoms with E-state index in [2.05, 4.69) is 20.0 Å². The maximum atomic E-state index is 14.7. The fourth-order valence-electron chi connectivity index (χ4n) is 7.23. The molecule has 0 unspecified atom stereocenters. The van der Waals surface area contributed by atoms with Gasteiger partial charge in [-0.3, -0.25) is 9.59 Å². The zero-order valence-electron chi connectivity index (χ0n) is 32.6. The van der Waals surface area contributed by atoms with Crippen molar-refractivity contribution in [2.75, 3.05) is 0 Å². The summed E-state index contributed by atoms with van der Waals surface area (Å²) in [7, 11) is 0. The average molecular weight is 875 g/mol. The van der Waals surface area contributed by atoms with Gasteiger partial charge in [-0.05, 0) is 22.3 Å². The number of nitrogens with zero attached hydrogens (tertiary/aromatic N) is 8. The van der Waals surface area contributed by atoms with Crippen molar-refractivity contribution in [3.05, 3.63) is 159 Å². The van der Waals surface area contributed by atoms with Crippen molar-refractivity contribution in [3.63, 3.8) is 0 Å². The highest BCUT2D eigenvalue weighted by molar-refractivity contribution is 7.25. The number of aliphatic imine (C=N–C) groups is 2. The highest BCUT2D eigenvalue weighted by Gasteiger charge is 2.61. The fourth-order valence-corrected chi connectivity index (χ4v) is 9.21. The van der Waals surface area contributed by atoms with Gasteiger partial charge in [-0.1, -0.05) is 132 Å². The quantitative estimate of drug-likeness (QED) is 0.0804. The van der Waals surface area contributed by atoms with Crippen LogP contribution >= 0.6 is 22.7 Å². The van der Waals surface area contributed by atoms with Crippen LogP contribution in [0.25, 0.3) is 20.9 Å². The van der Waals surface area contributed by atoms with E-state index in [0.717, 1.165) is 22.7 Å². The van der Waals surface area contributed by atoms with Crippen LogP contribution in [0.3, 0.4) is 0 Å². The van der Waals surface area contributed by atoms with Crippen molar-refractivity contribution in [1.82, 2.24) is 9.97 Å². The molecule has 0 amide bonds. The van der Waals surface area contributed by atoms with Crippen LogP contribution in [0.2, 0.25) is 0 Å². The first kappa shape index (κ1) is 40.4. The number of hydrogen-bond acceptors (Lipinski definition) is 17. The molecule has 0 radical (unpaired) electrons. The van der Waals surface area contributed by atoms with Gasteiger partial charge in [-0.25, -0.2) is 24.6 Å². The minimum Gasteiger partial charge on any atom is -0.457 e. The molecule has 0 spiro atoms. The largest absolute Gasteiger partial charge is 0.457 e. The van der Waals surface area contributed by atoms with E-state index in [4.69, 9.17) is 14.2 Å². The standard InChI is InChI=1S/C47H22N8O7S2/c48-19-27(20-49)33-29-15-7-9-17-31(29)37(56)35(33)52-45-54-41-39(63-45)40-42(55-46(64-40)53-36-34(28(21-50)22-51)30-16-8-10-18-32(30)38(36)57)62-47(41,43(58)60-23-25-11-3-1-4-12-25)44(59)61-24-26-13-5-2-6-14-26/h1-18H,23-24H2. The lowest BCUT2D eigenvalue weighted by Gasteiger charge is -2.31. The topological polar surface area (TPSA) is 242 Å². The predicted molar refractivity (Wildman–Crippen MR) is 230 cm³/mol. The van der Waals surface area contributed by atoms with E-state index in [-0.39, 0.29) is 89.6 Å². The Bertz CT molecular complexity index is 3250. The number of nitriles is 4. The number of fused-ring (bicyclic) bond motifs is 5. The van der Waals surface area contributed by atoms with Gasteiger partial charge in [0.25, 0.3) is 0 Å². The van der Waals surface area contributed by atoms with Crippen molar-refractivity contribution >= 4 is 79.0 Å². The van der Waals surface area contributed by atoms with Crippen LogP contribution < -0.4 is 4.74 Å². The Morgan fingerprint density at radius 2 is 0.984 bits per heavy atom. The van der Waals surface area contributed by atoms with E-state index >= 15 is 0 Å². The molecule has 0 bridgehead atoms. The van der Waals surface area contributed by atoms with Gasteiger partial charge in [0.15, 0.2) is 0 Å². The molecule has 0 N–H and O–H groups in total. The number of Topliss-reactive ketones (excluding diaryl/α,β-unsaturated/α-hetero) is 2. The normalized spacial score (nSPS) is 15.1. The summed E-state index contributed by atoms with van der Waals surface area (Å²) >= 11 is 1.69. The molecule has 15 nitrogen and oxygen atoms in total. The molecule has 1 aliphatic heterocycles. The first-order chi connectivity index (χ1) is 31.2. The number of aromatic nitrogens is 2. The summed E-state index contributed by atoms with van der Waals surface area (Å²) in [5, 5.41) is 39.3. The lowest BCUT2D eigenvalue weighted by molar-refractivity contribution is -0.184. The molecule has 9 rings (SSSR count). The molecule has 304 valence electrons. The molecule has 0 fully saturated rings. The number of allylic oxidation sites excluding steroid dienone is 4. The van der Waals surface area contributed by atoms with Crippen LogP contribution in [-0.2, 0) is 37.9 Å². The molecule has 64 heavy (non-hydrogen) atoms. The third-order valence-electron chi connectivity index (χ3n) is 10.1. The third kappa shape index (κ3) is 6.72. The Morgan fingerprint density at radius 1 is 0.578 bits per heavy atom. The summed E-state index contributed by atoms with van der Waals surface area (Å²) in [6.45, 7) is -0.615. The molecule has 4 aromatic carbocycles. The summed E-state index contributed by atoms with van der Waals surface area (Å²) in [5.41, 5.74) is -2.28. The molecular weight excluding hydrogens is 853 g/mol. The molecule has 2 aliphatic carbocycles. The monoisotopic (exact) mass is 874 g/mol. The lowest BCUT2D eigenvalue weighted by Crippen LogP contribution is -2.52. The third-order valence-corrected chi connectivity index (χ3v) is 12.2. The van der Waals surface area contributed by atoms with Gasteiger partial charge in [-0.2, -0.15) is 26.0 Å². The van der Waals surface area contributed by atoms with E-state index in [1.54, 1.807) is 97.1 Å². The molecule has 2 aromatic heterocycles. The summed E-state index contributed by atoms with van der Waals surface area (Å²) in [4.78, 5) is 75.7. The van der Waals surface area contributed by atoms with Gasteiger partial charge in [0.05, 0.1) is 4.88 Å². The van der Waals surface area contributed by atoms with Crippen molar-refractivity contribution in [3.8, 4) is 39.9 Å².